The largest absolute Gasteiger partial charge is 0.417 e. The number of oxazole rings is 1. The van der Waals surface area contributed by atoms with E-state index in [1.54, 1.807) is 6.20 Å². The SMILES string of the molecule is O=C(CN1CCN(S(=O)(=O)c2ccc3[nH]c(=O)oc3c2)CC1)c1c[nH]c2ccccc12. The third-order valence-electron chi connectivity index (χ3n) is 5.62. The molecule has 0 aliphatic carbocycles. The number of hydrogen-bond acceptors (Lipinski definition) is 6. The lowest BCUT2D eigenvalue weighted by Crippen LogP contribution is -2.49. The first-order valence-corrected chi connectivity index (χ1v) is 11.3. The monoisotopic (exact) mass is 440 g/mol. The number of aromatic amines is 2. The number of benzene rings is 2. The number of H-pyrrole nitrogens is 2. The molecule has 0 bridgehead atoms. The molecule has 0 amide bonds. The number of ketones is 1. The minimum absolute atomic E-state index is 0.00157. The number of aromatic nitrogens is 2. The average molecular weight is 440 g/mol. The Kier molecular flexibility index (Phi) is 4.77. The van der Waals surface area contributed by atoms with Crippen LogP contribution in [0.15, 0.2) is 62.8 Å². The predicted octanol–water partition coefficient (Wildman–Crippen LogP) is 1.79. The van der Waals surface area contributed by atoms with Gasteiger partial charge in [-0.05, 0) is 18.2 Å². The lowest BCUT2D eigenvalue weighted by atomic mass is 10.1. The molecule has 0 atom stereocenters. The normalized spacial score (nSPS) is 16.3. The molecular weight excluding hydrogens is 420 g/mol. The Morgan fingerprint density at radius 3 is 2.61 bits per heavy atom. The number of sulfonamides is 1. The highest BCUT2D eigenvalue weighted by molar-refractivity contribution is 7.89. The highest BCUT2D eigenvalue weighted by Crippen LogP contribution is 2.22. The summed E-state index contributed by atoms with van der Waals surface area (Å²) in [6.45, 7) is 1.69. The minimum atomic E-state index is -3.73. The summed E-state index contributed by atoms with van der Waals surface area (Å²) in [5.41, 5.74) is 2.21. The summed E-state index contributed by atoms with van der Waals surface area (Å²) in [5, 5.41) is 0.889. The molecule has 2 N–H and O–H groups in total. The molecule has 4 aromatic rings. The van der Waals surface area contributed by atoms with Gasteiger partial charge in [-0.3, -0.25) is 14.7 Å². The summed E-state index contributed by atoms with van der Waals surface area (Å²) in [5.74, 6) is -0.625. The van der Waals surface area contributed by atoms with Gasteiger partial charge in [0.05, 0.1) is 17.0 Å². The third-order valence-corrected chi connectivity index (χ3v) is 7.51. The standard InChI is InChI=1S/C21H20N4O5S/c26-19(16-12-22-17-4-2-1-3-15(16)17)13-24-7-9-25(10-8-24)31(28,29)14-5-6-18-20(11-14)30-21(27)23-18/h1-6,11-12,22H,7-10,13H2,(H,23,27). The minimum Gasteiger partial charge on any atom is -0.408 e. The van der Waals surface area contributed by atoms with E-state index in [0.717, 1.165) is 10.9 Å². The molecule has 1 saturated heterocycles. The molecule has 2 aromatic heterocycles. The average Bonchev–Trinajstić information content (AvgIpc) is 3.36. The Balaban J connectivity index is 1.27. The van der Waals surface area contributed by atoms with Crippen LogP contribution < -0.4 is 5.76 Å². The van der Waals surface area contributed by atoms with Crippen LogP contribution in [-0.4, -0.2) is 66.1 Å². The topological polar surface area (TPSA) is 119 Å². The Labute approximate surface area is 177 Å². The molecule has 10 heteroatoms. The van der Waals surface area contributed by atoms with Crippen LogP contribution >= 0.6 is 0 Å². The smallest absolute Gasteiger partial charge is 0.408 e. The number of hydrogen-bond donors (Lipinski definition) is 2. The maximum absolute atomic E-state index is 13.0. The lowest BCUT2D eigenvalue weighted by molar-refractivity contribution is 0.0903. The maximum atomic E-state index is 13.0. The van der Waals surface area contributed by atoms with E-state index in [-0.39, 0.29) is 35.9 Å². The van der Waals surface area contributed by atoms with Crippen molar-refractivity contribution in [3.05, 3.63) is 64.8 Å². The van der Waals surface area contributed by atoms with Gasteiger partial charge in [-0.25, -0.2) is 13.2 Å². The van der Waals surface area contributed by atoms with E-state index in [9.17, 15) is 18.0 Å². The second-order valence-electron chi connectivity index (χ2n) is 7.52. The highest BCUT2D eigenvalue weighted by Gasteiger charge is 2.30. The zero-order valence-electron chi connectivity index (χ0n) is 16.5. The molecule has 2 aromatic carbocycles. The Hall–Kier alpha value is -3.21. The van der Waals surface area contributed by atoms with Gasteiger partial charge in [0.15, 0.2) is 11.4 Å². The molecule has 0 saturated carbocycles. The van der Waals surface area contributed by atoms with Gasteiger partial charge in [0, 0.05) is 54.9 Å². The van der Waals surface area contributed by atoms with Gasteiger partial charge >= 0.3 is 5.76 Å². The van der Waals surface area contributed by atoms with Crippen molar-refractivity contribution in [2.24, 2.45) is 0 Å². The van der Waals surface area contributed by atoms with Crippen molar-refractivity contribution < 1.29 is 17.6 Å². The van der Waals surface area contributed by atoms with Crippen LogP contribution in [0.5, 0.6) is 0 Å². The molecule has 0 spiro atoms. The third kappa shape index (κ3) is 3.58. The van der Waals surface area contributed by atoms with Crippen molar-refractivity contribution in [1.82, 2.24) is 19.2 Å². The van der Waals surface area contributed by atoms with Crippen molar-refractivity contribution in [1.29, 1.82) is 0 Å². The summed E-state index contributed by atoms with van der Waals surface area (Å²) in [4.78, 5) is 31.7. The van der Waals surface area contributed by atoms with Gasteiger partial charge in [-0.15, -0.1) is 0 Å². The van der Waals surface area contributed by atoms with E-state index in [0.29, 0.717) is 24.2 Å². The van der Waals surface area contributed by atoms with E-state index in [1.165, 1.54) is 22.5 Å². The van der Waals surface area contributed by atoms with Gasteiger partial charge in [0.2, 0.25) is 10.0 Å². The van der Waals surface area contributed by atoms with E-state index in [2.05, 4.69) is 9.97 Å². The lowest BCUT2D eigenvalue weighted by Gasteiger charge is -2.33. The van der Waals surface area contributed by atoms with Crippen molar-refractivity contribution in [3.63, 3.8) is 0 Å². The van der Waals surface area contributed by atoms with Gasteiger partial charge in [0.25, 0.3) is 0 Å². The molecule has 0 unspecified atom stereocenters. The van der Waals surface area contributed by atoms with Gasteiger partial charge in [0.1, 0.15) is 0 Å². The van der Waals surface area contributed by atoms with Gasteiger partial charge < -0.3 is 9.40 Å². The molecule has 3 heterocycles. The van der Waals surface area contributed by atoms with E-state index >= 15 is 0 Å². The van der Waals surface area contributed by atoms with Crippen molar-refractivity contribution in [3.8, 4) is 0 Å². The quantitative estimate of drug-likeness (QED) is 0.457. The zero-order valence-corrected chi connectivity index (χ0v) is 17.3. The first-order valence-electron chi connectivity index (χ1n) is 9.86. The van der Waals surface area contributed by atoms with Crippen LogP contribution in [0.1, 0.15) is 10.4 Å². The van der Waals surface area contributed by atoms with E-state index in [1.807, 2.05) is 29.2 Å². The van der Waals surface area contributed by atoms with Gasteiger partial charge in [-0.1, -0.05) is 18.2 Å². The van der Waals surface area contributed by atoms with Crippen LogP contribution in [0.3, 0.4) is 0 Å². The summed E-state index contributed by atoms with van der Waals surface area (Å²) >= 11 is 0. The summed E-state index contributed by atoms with van der Waals surface area (Å²) in [6, 6.07) is 12.0. The highest BCUT2D eigenvalue weighted by atomic mass is 32.2. The molecule has 160 valence electrons. The fourth-order valence-corrected chi connectivity index (χ4v) is 5.39. The fraction of sp³-hybridized carbons (Fsp3) is 0.238. The number of nitrogens with zero attached hydrogens (tertiary/aromatic N) is 2. The fourth-order valence-electron chi connectivity index (χ4n) is 3.95. The van der Waals surface area contributed by atoms with E-state index < -0.39 is 15.8 Å². The number of carbonyl (C=O) groups is 1. The second kappa shape index (κ2) is 7.49. The molecule has 1 fully saturated rings. The number of rotatable bonds is 5. The molecule has 31 heavy (non-hydrogen) atoms. The molecule has 9 nitrogen and oxygen atoms in total. The Morgan fingerprint density at radius 2 is 1.81 bits per heavy atom. The first kappa shape index (κ1) is 19.7. The Morgan fingerprint density at radius 1 is 1.03 bits per heavy atom. The number of piperazine rings is 1. The first-order chi connectivity index (χ1) is 14.9. The molecule has 5 rings (SSSR count). The summed E-state index contributed by atoms with van der Waals surface area (Å²) < 4.78 is 32.4. The number of Topliss-reactive ketones (excluding diaryl/α,β-unsaturated/α-hetero) is 1. The maximum Gasteiger partial charge on any atom is 0.417 e. The predicted molar refractivity (Wildman–Crippen MR) is 115 cm³/mol. The van der Waals surface area contributed by atoms with Crippen LogP contribution in [-0.2, 0) is 10.0 Å². The molecular formula is C21H20N4O5S. The van der Waals surface area contributed by atoms with Gasteiger partial charge in [-0.2, -0.15) is 4.31 Å². The van der Waals surface area contributed by atoms with Crippen molar-refractivity contribution in [2.75, 3.05) is 32.7 Å². The number of para-hydroxylation sites is 1. The van der Waals surface area contributed by atoms with E-state index in [4.69, 9.17) is 4.42 Å². The molecule has 1 aliphatic rings. The molecule has 1 aliphatic heterocycles. The van der Waals surface area contributed by atoms with Crippen molar-refractivity contribution >= 4 is 37.8 Å². The molecule has 0 radical (unpaired) electrons. The number of nitrogens with one attached hydrogen (secondary N) is 2. The Bertz CT molecular complexity index is 1440. The number of carbonyl (C=O) groups excluding carboxylic acids is 1. The van der Waals surface area contributed by atoms with Crippen LogP contribution in [0.2, 0.25) is 0 Å². The van der Waals surface area contributed by atoms with Crippen LogP contribution in [0.4, 0.5) is 0 Å². The zero-order chi connectivity index (χ0) is 21.6. The summed E-state index contributed by atoms with van der Waals surface area (Å²) in [6.07, 6.45) is 1.73. The second-order valence-corrected chi connectivity index (χ2v) is 9.46. The van der Waals surface area contributed by atoms with Crippen LogP contribution in [0.25, 0.3) is 22.0 Å². The van der Waals surface area contributed by atoms with Crippen molar-refractivity contribution in [2.45, 2.75) is 4.90 Å². The van der Waals surface area contributed by atoms with Crippen LogP contribution in [0, 0.1) is 0 Å². The number of fused-ring (bicyclic) bond motifs is 2. The summed E-state index contributed by atoms with van der Waals surface area (Å²) in [7, 11) is -3.73.